The fourth-order valence-corrected chi connectivity index (χ4v) is 2.14. The highest BCUT2D eigenvalue weighted by atomic mass is 16.2. The van der Waals surface area contributed by atoms with Gasteiger partial charge in [-0.05, 0) is 6.42 Å². The van der Waals surface area contributed by atoms with Crippen LogP contribution in [-0.4, -0.2) is 33.4 Å². The van der Waals surface area contributed by atoms with Crippen LogP contribution in [0.1, 0.15) is 24.6 Å². The molecular weight excluding hydrogens is 192 g/mol. The Balaban J connectivity index is 2.33. The highest BCUT2D eigenvalue weighted by Crippen LogP contribution is 2.28. The number of hydrogen-bond donors (Lipinski definition) is 1. The molecule has 0 spiro atoms. The Bertz CT molecular complexity index is 373. The van der Waals surface area contributed by atoms with Crippen LogP contribution in [0.25, 0.3) is 0 Å². The predicted molar refractivity (Wildman–Crippen MR) is 55.9 cm³/mol. The quantitative estimate of drug-likeness (QED) is 0.708. The topological polar surface area (TPSA) is 64.2 Å². The molecule has 0 aliphatic carbocycles. The number of rotatable bonds is 1. The van der Waals surface area contributed by atoms with Crippen molar-refractivity contribution in [3.63, 3.8) is 0 Å². The number of amides is 1. The smallest absolute Gasteiger partial charge is 0.222 e. The third-order valence-corrected chi connectivity index (χ3v) is 3.06. The van der Waals surface area contributed by atoms with Crippen LogP contribution < -0.4 is 5.73 Å². The number of nitrogens with zero attached hydrogens (tertiary/aromatic N) is 3. The number of likely N-dealkylation sites (N-methyl/N-ethyl adjacent to an activating group) is 1. The van der Waals surface area contributed by atoms with E-state index >= 15 is 0 Å². The Morgan fingerprint density at radius 3 is 2.87 bits per heavy atom. The second-order valence-corrected chi connectivity index (χ2v) is 4.08. The maximum atomic E-state index is 11.6. The average Bonchev–Trinajstić information content (AvgIpc) is 2.60. The van der Waals surface area contributed by atoms with Crippen LogP contribution in [0.5, 0.6) is 0 Å². The fraction of sp³-hybridized carbons (Fsp3) is 0.600. The van der Waals surface area contributed by atoms with E-state index < -0.39 is 0 Å². The van der Waals surface area contributed by atoms with Crippen molar-refractivity contribution < 1.29 is 4.79 Å². The third-order valence-electron chi connectivity index (χ3n) is 3.06. The number of carbonyl (C=O) groups is 1. The molecule has 1 aromatic rings. The van der Waals surface area contributed by atoms with Gasteiger partial charge in [0.1, 0.15) is 0 Å². The molecule has 2 rings (SSSR count). The summed E-state index contributed by atoms with van der Waals surface area (Å²) < 4.78 is 1.92. The van der Waals surface area contributed by atoms with Crippen LogP contribution in [0.15, 0.2) is 12.5 Å². The summed E-state index contributed by atoms with van der Waals surface area (Å²) in [6, 6.07) is -0.0400. The van der Waals surface area contributed by atoms with Gasteiger partial charge in [0.15, 0.2) is 0 Å². The van der Waals surface area contributed by atoms with Gasteiger partial charge in [0.05, 0.1) is 24.3 Å². The lowest BCUT2D eigenvalue weighted by atomic mass is 9.95. The van der Waals surface area contributed by atoms with Gasteiger partial charge in [0.25, 0.3) is 0 Å². The standard InChI is InChI=1S/C10H16N4O/c1-13-6-12-5-8(13)10-7(11)3-4-9(15)14(10)2/h5-7,10H,3-4,11H2,1-2H3. The molecule has 0 bridgehead atoms. The average molecular weight is 208 g/mol. The maximum absolute atomic E-state index is 11.6. The van der Waals surface area contributed by atoms with Crippen molar-refractivity contribution in [1.82, 2.24) is 14.5 Å². The number of aryl methyl sites for hydroxylation is 1. The van der Waals surface area contributed by atoms with Crippen LogP contribution >= 0.6 is 0 Å². The number of likely N-dealkylation sites (tertiary alicyclic amines) is 1. The molecule has 1 aliphatic heterocycles. The first-order valence-corrected chi connectivity index (χ1v) is 5.08. The highest BCUT2D eigenvalue weighted by molar-refractivity contribution is 5.77. The zero-order valence-electron chi connectivity index (χ0n) is 9.05. The monoisotopic (exact) mass is 208 g/mol. The first-order chi connectivity index (χ1) is 7.11. The molecule has 5 nitrogen and oxygen atoms in total. The lowest BCUT2D eigenvalue weighted by molar-refractivity contribution is -0.135. The molecular formula is C10H16N4O. The van der Waals surface area contributed by atoms with Crippen LogP contribution in [0.2, 0.25) is 0 Å². The van der Waals surface area contributed by atoms with Gasteiger partial charge >= 0.3 is 0 Å². The summed E-state index contributed by atoms with van der Waals surface area (Å²) in [5.74, 6) is 0.155. The molecule has 5 heteroatoms. The molecule has 1 amide bonds. The Morgan fingerprint density at radius 2 is 2.27 bits per heavy atom. The Kier molecular flexibility index (Phi) is 2.48. The molecule has 1 saturated heterocycles. The SMILES string of the molecule is CN1C(=O)CCC(N)C1c1cncn1C. The van der Waals surface area contributed by atoms with E-state index in [1.165, 1.54) is 0 Å². The minimum absolute atomic E-state index is 0.00287. The fourth-order valence-electron chi connectivity index (χ4n) is 2.14. The minimum atomic E-state index is -0.0428. The van der Waals surface area contributed by atoms with Crippen molar-refractivity contribution in [3.8, 4) is 0 Å². The number of aromatic nitrogens is 2. The van der Waals surface area contributed by atoms with Crippen molar-refractivity contribution in [3.05, 3.63) is 18.2 Å². The normalized spacial score (nSPS) is 27.1. The van der Waals surface area contributed by atoms with Gasteiger partial charge in [-0.25, -0.2) is 4.98 Å². The molecule has 2 N–H and O–H groups in total. The van der Waals surface area contributed by atoms with E-state index in [0.29, 0.717) is 6.42 Å². The minimum Gasteiger partial charge on any atom is -0.336 e. The molecule has 82 valence electrons. The lowest BCUT2D eigenvalue weighted by Gasteiger charge is -2.37. The largest absolute Gasteiger partial charge is 0.336 e. The van der Waals surface area contributed by atoms with Gasteiger partial charge < -0.3 is 15.2 Å². The molecule has 1 aromatic heterocycles. The van der Waals surface area contributed by atoms with Gasteiger partial charge in [-0.3, -0.25) is 4.79 Å². The Labute approximate surface area is 88.9 Å². The molecule has 0 radical (unpaired) electrons. The second kappa shape index (κ2) is 3.66. The van der Waals surface area contributed by atoms with Crippen LogP contribution in [0, 0.1) is 0 Å². The first kappa shape index (κ1) is 10.2. The van der Waals surface area contributed by atoms with E-state index in [-0.39, 0.29) is 18.0 Å². The zero-order valence-corrected chi connectivity index (χ0v) is 9.05. The van der Waals surface area contributed by atoms with Gasteiger partial charge in [0, 0.05) is 26.6 Å². The number of carbonyl (C=O) groups excluding carboxylic acids is 1. The molecule has 2 unspecified atom stereocenters. The van der Waals surface area contributed by atoms with Gasteiger partial charge in [0.2, 0.25) is 5.91 Å². The molecule has 1 aliphatic rings. The first-order valence-electron chi connectivity index (χ1n) is 5.08. The molecule has 2 heterocycles. The van der Waals surface area contributed by atoms with Crippen LogP contribution in [0.3, 0.4) is 0 Å². The number of imidazole rings is 1. The summed E-state index contributed by atoms with van der Waals surface area (Å²) in [7, 11) is 3.72. The predicted octanol–water partition coefficient (Wildman–Crippen LogP) is 0.0407. The molecule has 1 fully saturated rings. The Hall–Kier alpha value is -1.36. The van der Waals surface area contributed by atoms with E-state index in [9.17, 15) is 4.79 Å². The van der Waals surface area contributed by atoms with E-state index in [4.69, 9.17) is 5.73 Å². The van der Waals surface area contributed by atoms with E-state index in [0.717, 1.165) is 12.1 Å². The lowest BCUT2D eigenvalue weighted by Crippen LogP contribution is -2.47. The van der Waals surface area contributed by atoms with E-state index in [2.05, 4.69) is 4.98 Å². The summed E-state index contributed by atoms with van der Waals surface area (Å²) in [5.41, 5.74) is 7.05. The maximum Gasteiger partial charge on any atom is 0.222 e. The molecule has 0 saturated carbocycles. The van der Waals surface area contributed by atoms with Crippen molar-refractivity contribution in [1.29, 1.82) is 0 Å². The van der Waals surface area contributed by atoms with Gasteiger partial charge in [-0.2, -0.15) is 0 Å². The second-order valence-electron chi connectivity index (χ2n) is 4.08. The van der Waals surface area contributed by atoms with Crippen LogP contribution in [0.4, 0.5) is 0 Å². The molecule has 0 aromatic carbocycles. The number of hydrogen-bond acceptors (Lipinski definition) is 3. The highest BCUT2D eigenvalue weighted by Gasteiger charge is 2.33. The Morgan fingerprint density at radius 1 is 1.53 bits per heavy atom. The number of nitrogens with two attached hydrogens (primary N) is 1. The summed E-state index contributed by atoms with van der Waals surface area (Å²) >= 11 is 0. The van der Waals surface area contributed by atoms with E-state index in [1.807, 2.05) is 11.6 Å². The van der Waals surface area contributed by atoms with E-state index in [1.54, 1.807) is 24.5 Å². The van der Waals surface area contributed by atoms with Gasteiger partial charge in [-0.1, -0.05) is 0 Å². The van der Waals surface area contributed by atoms with Crippen molar-refractivity contribution in [2.24, 2.45) is 12.8 Å². The van der Waals surface area contributed by atoms with Crippen molar-refractivity contribution in [2.45, 2.75) is 24.9 Å². The summed E-state index contributed by atoms with van der Waals surface area (Å²) in [6.07, 6.45) is 4.81. The third kappa shape index (κ3) is 1.63. The van der Waals surface area contributed by atoms with Crippen molar-refractivity contribution in [2.75, 3.05) is 7.05 Å². The molecule has 2 atom stereocenters. The summed E-state index contributed by atoms with van der Waals surface area (Å²) in [6.45, 7) is 0. The number of piperidine rings is 1. The summed E-state index contributed by atoms with van der Waals surface area (Å²) in [5, 5.41) is 0. The van der Waals surface area contributed by atoms with Gasteiger partial charge in [-0.15, -0.1) is 0 Å². The van der Waals surface area contributed by atoms with Crippen LogP contribution in [-0.2, 0) is 11.8 Å². The zero-order chi connectivity index (χ0) is 11.0. The van der Waals surface area contributed by atoms with Crippen molar-refractivity contribution >= 4 is 5.91 Å². The summed E-state index contributed by atoms with van der Waals surface area (Å²) in [4.78, 5) is 17.4. The molecule has 15 heavy (non-hydrogen) atoms.